The van der Waals surface area contributed by atoms with Crippen LogP contribution < -0.4 is 0 Å². The summed E-state index contributed by atoms with van der Waals surface area (Å²) >= 11 is 4.44. The van der Waals surface area contributed by atoms with E-state index < -0.39 is 0 Å². The number of likely N-dealkylation sites (tertiary alicyclic amines) is 1. The molecule has 5 heteroatoms. The highest BCUT2D eigenvalue weighted by Crippen LogP contribution is 2.37. The van der Waals surface area contributed by atoms with Crippen molar-refractivity contribution in [3.05, 3.63) is 0 Å². The third-order valence-corrected chi connectivity index (χ3v) is 4.91. The smallest absolute Gasteiger partial charge is 0.229 e. The van der Waals surface area contributed by atoms with E-state index in [0.717, 1.165) is 12.8 Å². The lowest BCUT2D eigenvalue weighted by atomic mass is 9.78. The van der Waals surface area contributed by atoms with Crippen LogP contribution in [0.4, 0.5) is 0 Å². The van der Waals surface area contributed by atoms with Crippen LogP contribution in [0.25, 0.3) is 0 Å². The minimum atomic E-state index is -0.200. The number of thiol groups is 1. The van der Waals surface area contributed by atoms with Gasteiger partial charge in [-0.3, -0.25) is 14.5 Å². The second-order valence-electron chi connectivity index (χ2n) is 6.66. The zero-order chi connectivity index (χ0) is 14.1. The Morgan fingerprint density at radius 3 is 2.16 bits per heavy atom. The van der Waals surface area contributed by atoms with Gasteiger partial charge in [-0.05, 0) is 24.0 Å². The predicted octanol–water partition coefficient (Wildman–Crippen LogP) is 1.89. The van der Waals surface area contributed by atoms with Crippen LogP contribution >= 0.6 is 12.6 Å². The first-order valence-electron chi connectivity index (χ1n) is 6.89. The lowest BCUT2D eigenvalue weighted by Crippen LogP contribution is -2.52. The molecule has 2 saturated heterocycles. The molecule has 2 amide bonds. The van der Waals surface area contributed by atoms with Gasteiger partial charge in [-0.1, -0.05) is 13.8 Å². The van der Waals surface area contributed by atoms with Gasteiger partial charge < -0.3 is 4.74 Å². The zero-order valence-electron chi connectivity index (χ0n) is 11.8. The van der Waals surface area contributed by atoms with E-state index in [1.165, 1.54) is 4.90 Å². The number of hydrogen-bond donors (Lipinski definition) is 1. The van der Waals surface area contributed by atoms with Gasteiger partial charge in [0.25, 0.3) is 0 Å². The Morgan fingerprint density at radius 1 is 1.16 bits per heavy atom. The molecule has 19 heavy (non-hydrogen) atoms. The average Bonchev–Trinajstić information content (AvgIpc) is 2.34. The molecule has 108 valence electrons. The number of ether oxygens (including phenoxy) is 1. The largest absolute Gasteiger partial charge is 0.381 e. The fraction of sp³-hybridized carbons (Fsp3) is 0.857. The monoisotopic (exact) mass is 285 g/mol. The topological polar surface area (TPSA) is 46.6 Å². The SMILES string of the molecule is CC1(C)CC(=O)N(CC2(CS)CCOCC2)C(=O)C1. The fourth-order valence-corrected chi connectivity index (χ4v) is 3.31. The van der Waals surface area contributed by atoms with Crippen molar-refractivity contribution in [2.75, 3.05) is 25.5 Å². The van der Waals surface area contributed by atoms with E-state index in [9.17, 15) is 9.59 Å². The molecular weight excluding hydrogens is 262 g/mol. The minimum absolute atomic E-state index is 0.0334. The Labute approximate surface area is 120 Å². The highest BCUT2D eigenvalue weighted by Gasteiger charge is 2.42. The summed E-state index contributed by atoms with van der Waals surface area (Å²) in [6.07, 6.45) is 2.66. The van der Waals surface area contributed by atoms with Gasteiger partial charge in [-0.25, -0.2) is 0 Å². The lowest BCUT2D eigenvalue weighted by molar-refractivity contribution is -0.155. The summed E-state index contributed by atoms with van der Waals surface area (Å²) in [6.45, 7) is 5.85. The number of carbonyl (C=O) groups excluding carboxylic acids is 2. The zero-order valence-corrected chi connectivity index (χ0v) is 12.7. The van der Waals surface area contributed by atoms with E-state index in [0.29, 0.717) is 38.4 Å². The molecule has 0 aliphatic carbocycles. The van der Waals surface area contributed by atoms with Crippen LogP contribution in [0.15, 0.2) is 0 Å². The first kappa shape index (κ1) is 14.9. The Hall–Kier alpha value is -0.550. The normalized spacial score (nSPS) is 26.6. The van der Waals surface area contributed by atoms with Crippen molar-refractivity contribution >= 4 is 24.4 Å². The van der Waals surface area contributed by atoms with Crippen molar-refractivity contribution in [3.63, 3.8) is 0 Å². The van der Waals surface area contributed by atoms with Crippen molar-refractivity contribution < 1.29 is 14.3 Å². The Morgan fingerprint density at radius 2 is 1.68 bits per heavy atom. The highest BCUT2D eigenvalue weighted by molar-refractivity contribution is 7.80. The molecular formula is C14H23NO3S. The van der Waals surface area contributed by atoms with Crippen LogP contribution in [0.5, 0.6) is 0 Å². The van der Waals surface area contributed by atoms with E-state index in [-0.39, 0.29) is 22.6 Å². The summed E-state index contributed by atoms with van der Waals surface area (Å²) < 4.78 is 5.38. The maximum absolute atomic E-state index is 12.2. The van der Waals surface area contributed by atoms with Crippen molar-refractivity contribution in [3.8, 4) is 0 Å². The molecule has 4 nitrogen and oxygen atoms in total. The van der Waals surface area contributed by atoms with Gasteiger partial charge in [0.05, 0.1) is 0 Å². The molecule has 0 N–H and O–H groups in total. The summed E-state index contributed by atoms with van der Waals surface area (Å²) in [5.41, 5.74) is -0.261. The van der Waals surface area contributed by atoms with Crippen LogP contribution in [0.1, 0.15) is 39.5 Å². The van der Waals surface area contributed by atoms with Gasteiger partial charge >= 0.3 is 0 Å². The molecule has 0 radical (unpaired) electrons. The number of rotatable bonds is 3. The number of amides is 2. The van der Waals surface area contributed by atoms with E-state index in [1.54, 1.807) is 0 Å². The maximum atomic E-state index is 12.2. The second-order valence-corrected chi connectivity index (χ2v) is 6.98. The Balaban J connectivity index is 2.09. The fourth-order valence-electron chi connectivity index (χ4n) is 2.89. The van der Waals surface area contributed by atoms with Gasteiger partial charge in [0, 0.05) is 38.0 Å². The van der Waals surface area contributed by atoms with E-state index in [2.05, 4.69) is 12.6 Å². The highest BCUT2D eigenvalue weighted by atomic mass is 32.1. The molecule has 2 heterocycles. The lowest BCUT2D eigenvalue weighted by Gasteiger charge is -2.42. The Kier molecular flexibility index (Phi) is 4.26. The van der Waals surface area contributed by atoms with Crippen LogP contribution in [-0.4, -0.2) is 42.2 Å². The van der Waals surface area contributed by atoms with Crippen molar-refractivity contribution in [2.45, 2.75) is 39.5 Å². The predicted molar refractivity (Wildman–Crippen MR) is 76.1 cm³/mol. The molecule has 2 aliphatic rings. The van der Waals surface area contributed by atoms with Gasteiger partial charge in [0.2, 0.25) is 11.8 Å². The standard InChI is InChI=1S/C14H23NO3S/c1-13(2)7-11(16)15(12(17)8-13)9-14(10-19)3-5-18-6-4-14/h19H,3-10H2,1-2H3. The third kappa shape index (κ3) is 3.31. The summed E-state index contributed by atoms with van der Waals surface area (Å²) in [6, 6.07) is 0. The molecule has 0 saturated carbocycles. The van der Waals surface area contributed by atoms with Crippen molar-refractivity contribution in [2.24, 2.45) is 10.8 Å². The molecule has 2 fully saturated rings. The van der Waals surface area contributed by atoms with Gasteiger partial charge in [0.1, 0.15) is 0 Å². The van der Waals surface area contributed by atoms with Gasteiger partial charge in [0.15, 0.2) is 0 Å². The number of piperidine rings is 1. The number of carbonyl (C=O) groups is 2. The summed E-state index contributed by atoms with van der Waals surface area (Å²) in [4.78, 5) is 25.9. The molecule has 0 aromatic carbocycles. The molecule has 2 aliphatic heterocycles. The van der Waals surface area contributed by atoms with E-state index >= 15 is 0 Å². The molecule has 0 aromatic rings. The van der Waals surface area contributed by atoms with E-state index in [4.69, 9.17) is 4.74 Å². The number of hydrogen-bond acceptors (Lipinski definition) is 4. The summed E-state index contributed by atoms with van der Waals surface area (Å²) in [5, 5.41) is 0. The van der Waals surface area contributed by atoms with Crippen molar-refractivity contribution in [1.82, 2.24) is 4.90 Å². The second kappa shape index (κ2) is 5.44. The number of imide groups is 1. The maximum Gasteiger partial charge on any atom is 0.229 e. The summed E-state index contributed by atoms with van der Waals surface area (Å²) in [5.74, 6) is 0.624. The van der Waals surface area contributed by atoms with Crippen LogP contribution in [0.2, 0.25) is 0 Å². The van der Waals surface area contributed by atoms with E-state index in [1.807, 2.05) is 13.8 Å². The van der Waals surface area contributed by atoms with Crippen LogP contribution in [0.3, 0.4) is 0 Å². The van der Waals surface area contributed by atoms with Crippen LogP contribution in [-0.2, 0) is 14.3 Å². The molecule has 0 atom stereocenters. The Bertz CT molecular complexity index is 355. The summed E-state index contributed by atoms with van der Waals surface area (Å²) in [7, 11) is 0. The minimum Gasteiger partial charge on any atom is -0.381 e. The molecule has 0 aromatic heterocycles. The quantitative estimate of drug-likeness (QED) is 0.636. The third-order valence-electron chi connectivity index (χ3n) is 4.24. The average molecular weight is 285 g/mol. The van der Waals surface area contributed by atoms with Crippen LogP contribution in [0, 0.1) is 10.8 Å². The first-order valence-corrected chi connectivity index (χ1v) is 7.53. The molecule has 0 unspecified atom stereocenters. The van der Waals surface area contributed by atoms with Crippen molar-refractivity contribution in [1.29, 1.82) is 0 Å². The van der Waals surface area contributed by atoms with Gasteiger partial charge in [-0.2, -0.15) is 12.6 Å². The number of nitrogens with zero attached hydrogens (tertiary/aromatic N) is 1. The first-order chi connectivity index (χ1) is 8.87. The molecule has 2 rings (SSSR count). The van der Waals surface area contributed by atoms with Gasteiger partial charge in [-0.15, -0.1) is 0 Å². The molecule has 0 bridgehead atoms. The molecule has 0 spiro atoms.